The van der Waals surface area contributed by atoms with Gasteiger partial charge in [0.2, 0.25) is 0 Å². The first-order valence-electron chi connectivity index (χ1n) is 4.41. The lowest BCUT2D eigenvalue weighted by molar-refractivity contribution is 0.204. The summed E-state index contributed by atoms with van der Waals surface area (Å²) in [4.78, 5) is 3.81. The largest absolute Gasteiger partial charge is 0.383 e. The van der Waals surface area contributed by atoms with Gasteiger partial charge in [-0.2, -0.15) is 13.1 Å². The Kier molecular flexibility index (Phi) is 4.94. The van der Waals surface area contributed by atoms with E-state index in [0.29, 0.717) is 11.6 Å². The van der Waals surface area contributed by atoms with Crippen molar-refractivity contribution < 1.29 is 13.2 Å². The number of anilines is 1. The molecule has 0 atom stereocenters. The van der Waals surface area contributed by atoms with Gasteiger partial charge in [-0.25, -0.2) is 4.98 Å². The maximum absolute atomic E-state index is 11.4. The molecule has 1 aromatic heterocycles. The normalized spacial score (nSPS) is 11.4. The van der Waals surface area contributed by atoms with Crippen molar-refractivity contribution in [2.75, 3.05) is 25.0 Å². The topological polar surface area (TPSA) is 80.3 Å². The number of pyridine rings is 1. The van der Waals surface area contributed by atoms with Gasteiger partial charge in [0.25, 0.3) is 10.2 Å². The molecule has 0 saturated heterocycles. The number of nitrogens with one attached hydrogen (secondary N) is 2. The number of hydrogen-bond donors (Lipinski definition) is 2. The van der Waals surface area contributed by atoms with Crippen LogP contribution in [0.5, 0.6) is 0 Å². The molecule has 0 bridgehead atoms. The van der Waals surface area contributed by atoms with Gasteiger partial charge in [0, 0.05) is 30.9 Å². The van der Waals surface area contributed by atoms with Crippen molar-refractivity contribution in [1.82, 2.24) is 9.71 Å². The molecule has 16 heavy (non-hydrogen) atoms. The van der Waals surface area contributed by atoms with Crippen LogP contribution in [0.1, 0.15) is 0 Å². The second-order valence-corrected chi connectivity index (χ2v) is 4.79. The van der Waals surface area contributed by atoms with E-state index in [1.807, 2.05) is 0 Å². The van der Waals surface area contributed by atoms with Gasteiger partial charge < -0.3 is 4.74 Å². The number of halogens is 1. The number of methoxy groups -OCH3 is 1. The van der Waals surface area contributed by atoms with Crippen LogP contribution in [0.3, 0.4) is 0 Å². The number of rotatable bonds is 6. The maximum Gasteiger partial charge on any atom is 0.300 e. The van der Waals surface area contributed by atoms with Crippen LogP contribution in [-0.2, 0) is 14.9 Å². The highest BCUT2D eigenvalue weighted by Crippen LogP contribution is 2.12. The van der Waals surface area contributed by atoms with E-state index in [-0.39, 0.29) is 12.4 Å². The zero-order valence-electron chi connectivity index (χ0n) is 8.60. The van der Waals surface area contributed by atoms with Crippen LogP contribution in [0.2, 0.25) is 5.02 Å². The van der Waals surface area contributed by atoms with E-state index in [4.69, 9.17) is 16.3 Å². The van der Waals surface area contributed by atoms with Gasteiger partial charge in [0.15, 0.2) is 0 Å². The molecule has 1 aromatic rings. The fraction of sp³-hybridized carbons (Fsp3) is 0.375. The smallest absolute Gasteiger partial charge is 0.300 e. The summed E-state index contributed by atoms with van der Waals surface area (Å²) in [6.45, 7) is 0.482. The number of nitrogens with zero attached hydrogens (tertiary/aromatic N) is 1. The van der Waals surface area contributed by atoms with Gasteiger partial charge in [-0.05, 0) is 6.07 Å². The van der Waals surface area contributed by atoms with E-state index >= 15 is 0 Å². The van der Waals surface area contributed by atoms with E-state index < -0.39 is 10.2 Å². The molecule has 0 amide bonds. The molecule has 6 nitrogen and oxygen atoms in total. The van der Waals surface area contributed by atoms with Crippen LogP contribution in [0.25, 0.3) is 0 Å². The number of ether oxygens (including phenoxy) is 1. The molecular weight excluding hydrogens is 254 g/mol. The van der Waals surface area contributed by atoms with Gasteiger partial charge in [-0.1, -0.05) is 11.6 Å². The molecule has 0 aliphatic rings. The molecule has 90 valence electrons. The fourth-order valence-electron chi connectivity index (χ4n) is 0.912. The Balaban J connectivity index is 2.59. The van der Waals surface area contributed by atoms with Gasteiger partial charge in [0.1, 0.15) is 5.82 Å². The summed E-state index contributed by atoms with van der Waals surface area (Å²) in [5.74, 6) is 0.164. The third-order valence-corrected chi connectivity index (χ3v) is 2.86. The molecule has 0 saturated carbocycles. The van der Waals surface area contributed by atoms with Gasteiger partial charge in [0.05, 0.1) is 6.61 Å². The number of hydrogen-bond acceptors (Lipinski definition) is 4. The number of aromatic nitrogens is 1. The molecule has 0 spiro atoms. The van der Waals surface area contributed by atoms with Crippen molar-refractivity contribution in [3.8, 4) is 0 Å². The lowest BCUT2D eigenvalue weighted by atomic mass is 10.5. The highest BCUT2D eigenvalue weighted by molar-refractivity contribution is 7.90. The molecule has 0 aliphatic heterocycles. The van der Waals surface area contributed by atoms with Crippen molar-refractivity contribution in [3.05, 3.63) is 23.4 Å². The summed E-state index contributed by atoms with van der Waals surface area (Å²) in [5.41, 5.74) is 0. The molecule has 2 N–H and O–H groups in total. The second-order valence-electron chi connectivity index (χ2n) is 2.85. The van der Waals surface area contributed by atoms with E-state index in [2.05, 4.69) is 14.4 Å². The van der Waals surface area contributed by atoms with Crippen molar-refractivity contribution in [3.63, 3.8) is 0 Å². The summed E-state index contributed by atoms with van der Waals surface area (Å²) in [5, 5.41) is 0.407. The second kappa shape index (κ2) is 6.00. The first-order chi connectivity index (χ1) is 7.53. The Hall–Kier alpha value is -0.890. The predicted molar refractivity (Wildman–Crippen MR) is 61.7 cm³/mol. The Morgan fingerprint density at radius 2 is 2.31 bits per heavy atom. The zero-order chi connectivity index (χ0) is 12.0. The summed E-state index contributed by atoms with van der Waals surface area (Å²) in [6, 6.07) is 2.97. The molecule has 0 fully saturated rings. The van der Waals surface area contributed by atoms with Crippen LogP contribution in [0, 0.1) is 0 Å². The Morgan fingerprint density at radius 1 is 1.56 bits per heavy atom. The first-order valence-corrected chi connectivity index (χ1v) is 6.27. The van der Waals surface area contributed by atoms with Crippen LogP contribution in [0.4, 0.5) is 5.82 Å². The molecule has 8 heteroatoms. The maximum atomic E-state index is 11.4. The summed E-state index contributed by atoms with van der Waals surface area (Å²) in [6.07, 6.45) is 1.41. The predicted octanol–water partition coefficient (Wildman–Crippen LogP) is 0.628. The van der Waals surface area contributed by atoms with Crippen molar-refractivity contribution in [2.45, 2.75) is 0 Å². The van der Waals surface area contributed by atoms with E-state index in [1.54, 1.807) is 6.07 Å². The summed E-state index contributed by atoms with van der Waals surface area (Å²) < 4.78 is 32.1. The molecule has 0 unspecified atom stereocenters. The fourth-order valence-corrected chi connectivity index (χ4v) is 1.88. The monoisotopic (exact) mass is 265 g/mol. The summed E-state index contributed by atoms with van der Waals surface area (Å²) >= 11 is 5.69. The van der Waals surface area contributed by atoms with Crippen molar-refractivity contribution in [1.29, 1.82) is 0 Å². The third-order valence-electron chi connectivity index (χ3n) is 1.56. The minimum absolute atomic E-state index is 0.164. The highest BCUT2D eigenvalue weighted by atomic mass is 35.5. The standard InChI is InChI=1S/C8H12ClN3O3S/c1-15-5-4-11-16(13,14)12-8-6-7(9)2-3-10-8/h2-3,6,11H,4-5H2,1H3,(H,10,12). The third kappa shape index (κ3) is 4.75. The molecule has 1 rings (SSSR count). The van der Waals surface area contributed by atoms with Gasteiger partial charge in [-0.15, -0.1) is 0 Å². The van der Waals surface area contributed by atoms with Gasteiger partial charge >= 0.3 is 0 Å². The average Bonchev–Trinajstić information content (AvgIpc) is 2.17. The van der Waals surface area contributed by atoms with Crippen molar-refractivity contribution in [2.24, 2.45) is 0 Å². The molecule has 1 heterocycles. The quantitative estimate of drug-likeness (QED) is 0.740. The van der Waals surface area contributed by atoms with Crippen molar-refractivity contribution >= 4 is 27.6 Å². The van der Waals surface area contributed by atoms with E-state index in [0.717, 1.165) is 0 Å². The first kappa shape index (κ1) is 13.2. The van der Waals surface area contributed by atoms with Crippen LogP contribution in [-0.4, -0.2) is 33.7 Å². The Morgan fingerprint density at radius 3 is 2.94 bits per heavy atom. The van der Waals surface area contributed by atoms with E-state index in [9.17, 15) is 8.42 Å². The molecule has 0 radical (unpaired) electrons. The SMILES string of the molecule is COCCNS(=O)(=O)Nc1cc(Cl)ccn1. The van der Waals surface area contributed by atoms with Crippen LogP contribution >= 0.6 is 11.6 Å². The molecule has 0 aromatic carbocycles. The minimum atomic E-state index is -3.62. The summed E-state index contributed by atoms with van der Waals surface area (Å²) in [7, 11) is -2.14. The zero-order valence-corrected chi connectivity index (χ0v) is 10.2. The minimum Gasteiger partial charge on any atom is -0.383 e. The van der Waals surface area contributed by atoms with Gasteiger partial charge in [-0.3, -0.25) is 4.72 Å². The lowest BCUT2D eigenvalue weighted by Crippen LogP contribution is -2.32. The van der Waals surface area contributed by atoms with E-state index in [1.165, 1.54) is 19.4 Å². The highest BCUT2D eigenvalue weighted by Gasteiger charge is 2.09. The van der Waals surface area contributed by atoms with Crippen LogP contribution in [0.15, 0.2) is 18.3 Å². The Bertz CT molecular complexity index is 438. The molecule has 0 aliphatic carbocycles. The Labute approximate surface area is 99.2 Å². The van der Waals surface area contributed by atoms with Crippen LogP contribution < -0.4 is 9.44 Å². The molecular formula is C8H12ClN3O3S. The average molecular weight is 266 g/mol. The lowest BCUT2D eigenvalue weighted by Gasteiger charge is -2.08.